The van der Waals surface area contributed by atoms with Gasteiger partial charge in [0.05, 0.1) is 15.1 Å². The third-order valence-corrected chi connectivity index (χ3v) is 5.61. The van der Waals surface area contributed by atoms with Gasteiger partial charge < -0.3 is 10.1 Å². The molecule has 1 N–H and O–H groups in total. The van der Waals surface area contributed by atoms with Crippen molar-refractivity contribution in [1.29, 1.82) is 0 Å². The zero-order valence-corrected chi connectivity index (χ0v) is 17.3. The van der Waals surface area contributed by atoms with E-state index in [1.807, 2.05) is 54.6 Å². The highest BCUT2D eigenvalue weighted by Gasteiger charge is 2.09. The summed E-state index contributed by atoms with van der Waals surface area (Å²) in [4.78, 5) is 9.48. The monoisotopic (exact) mass is 429 g/mol. The van der Waals surface area contributed by atoms with E-state index in [9.17, 15) is 0 Å². The van der Waals surface area contributed by atoms with Crippen molar-refractivity contribution in [3.63, 3.8) is 0 Å². The number of nitrogens with zero attached hydrogens (tertiary/aromatic N) is 2. The molecule has 4 nitrogen and oxygen atoms in total. The third kappa shape index (κ3) is 3.79. The number of hydrogen-bond acceptors (Lipinski definition) is 5. The number of hydrogen-bond donors (Lipinski definition) is 1. The highest BCUT2D eigenvalue weighted by atomic mass is 35.5. The SMILES string of the molecule is C#Cc1cc2ncnc(Nc3ccc(Oc4cccc5ccccc45)cc3)c2s1.Cl. The molecular formula is C24H16ClN3OS. The first-order chi connectivity index (χ1) is 14.3. The first kappa shape index (κ1) is 19.7. The van der Waals surface area contributed by atoms with E-state index in [-0.39, 0.29) is 12.4 Å². The van der Waals surface area contributed by atoms with Crippen LogP contribution in [0.1, 0.15) is 4.88 Å². The summed E-state index contributed by atoms with van der Waals surface area (Å²) in [5, 5.41) is 5.58. The average Bonchev–Trinajstić information content (AvgIpc) is 3.20. The third-order valence-electron chi connectivity index (χ3n) is 4.55. The van der Waals surface area contributed by atoms with Crippen molar-refractivity contribution in [2.45, 2.75) is 0 Å². The molecule has 146 valence electrons. The second-order valence-electron chi connectivity index (χ2n) is 6.42. The van der Waals surface area contributed by atoms with Gasteiger partial charge in [0.25, 0.3) is 0 Å². The van der Waals surface area contributed by atoms with Gasteiger partial charge in [-0.25, -0.2) is 9.97 Å². The number of terminal acetylenes is 1. The highest BCUT2D eigenvalue weighted by Crippen LogP contribution is 2.32. The molecule has 0 bridgehead atoms. The van der Waals surface area contributed by atoms with Crippen molar-refractivity contribution in [2.24, 2.45) is 0 Å². The van der Waals surface area contributed by atoms with Crippen molar-refractivity contribution >= 4 is 56.2 Å². The summed E-state index contributed by atoms with van der Waals surface area (Å²) < 4.78 is 7.05. The molecular weight excluding hydrogens is 414 g/mol. The number of ether oxygens (including phenoxy) is 1. The lowest BCUT2D eigenvalue weighted by Crippen LogP contribution is -1.94. The smallest absolute Gasteiger partial charge is 0.151 e. The molecule has 30 heavy (non-hydrogen) atoms. The number of aromatic nitrogens is 2. The quantitative estimate of drug-likeness (QED) is 0.320. The van der Waals surface area contributed by atoms with Crippen LogP contribution < -0.4 is 10.1 Å². The fourth-order valence-corrected chi connectivity index (χ4v) is 4.04. The Balaban J connectivity index is 0.00000218. The van der Waals surface area contributed by atoms with Gasteiger partial charge in [0.1, 0.15) is 17.8 Å². The second kappa shape index (κ2) is 8.42. The number of halogens is 1. The van der Waals surface area contributed by atoms with Crippen LogP contribution in [0.3, 0.4) is 0 Å². The fraction of sp³-hybridized carbons (Fsp3) is 0. The van der Waals surface area contributed by atoms with E-state index in [4.69, 9.17) is 11.2 Å². The van der Waals surface area contributed by atoms with Gasteiger partial charge in [-0.15, -0.1) is 30.2 Å². The molecule has 0 amide bonds. The molecule has 5 rings (SSSR count). The molecule has 0 spiro atoms. The lowest BCUT2D eigenvalue weighted by atomic mass is 10.1. The van der Waals surface area contributed by atoms with Crippen LogP contribution in [0.25, 0.3) is 21.0 Å². The zero-order valence-electron chi connectivity index (χ0n) is 15.7. The largest absolute Gasteiger partial charge is 0.457 e. The minimum atomic E-state index is 0. The normalized spacial score (nSPS) is 10.4. The molecule has 0 unspecified atom stereocenters. The van der Waals surface area contributed by atoms with Crippen LogP contribution in [0.15, 0.2) is 79.1 Å². The highest BCUT2D eigenvalue weighted by molar-refractivity contribution is 7.20. The Morgan fingerprint density at radius 2 is 1.73 bits per heavy atom. The zero-order chi connectivity index (χ0) is 19.6. The molecule has 0 atom stereocenters. The van der Waals surface area contributed by atoms with Crippen molar-refractivity contribution in [1.82, 2.24) is 9.97 Å². The van der Waals surface area contributed by atoms with E-state index in [0.29, 0.717) is 0 Å². The minimum absolute atomic E-state index is 0. The second-order valence-corrected chi connectivity index (χ2v) is 7.47. The number of thiophene rings is 1. The van der Waals surface area contributed by atoms with Gasteiger partial charge in [-0.1, -0.05) is 42.3 Å². The van der Waals surface area contributed by atoms with Gasteiger partial charge in [0.2, 0.25) is 0 Å². The Morgan fingerprint density at radius 1 is 0.933 bits per heavy atom. The van der Waals surface area contributed by atoms with E-state index in [1.54, 1.807) is 0 Å². The van der Waals surface area contributed by atoms with Crippen molar-refractivity contribution in [3.8, 4) is 23.8 Å². The fourth-order valence-electron chi connectivity index (χ4n) is 3.17. The molecule has 0 aliphatic rings. The minimum Gasteiger partial charge on any atom is -0.457 e. The van der Waals surface area contributed by atoms with E-state index in [2.05, 4.69) is 39.4 Å². The van der Waals surface area contributed by atoms with Crippen LogP contribution >= 0.6 is 23.7 Å². The molecule has 6 heteroatoms. The Kier molecular flexibility index (Phi) is 5.53. The van der Waals surface area contributed by atoms with E-state index in [0.717, 1.165) is 48.9 Å². The molecule has 2 aromatic heterocycles. The molecule has 2 heterocycles. The first-order valence-corrected chi connectivity index (χ1v) is 9.86. The molecule has 3 aromatic carbocycles. The molecule has 0 aliphatic carbocycles. The Hall–Kier alpha value is -3.59. The van der Waals surface area contributed by atoms with E-state index in [1.165, 1.54) is 17.7 Å². The summed E-state index contributed by atoms with van der Waals surface area (Å²) in [6.45, 7) is 0. The molecule has 0 radical (unpaired) electrons. The number of rotatable bonds is 4. The molecule has 0 saturated carbocycles. The van der Waals surface area contributed by atoms with Crippen LogP contribution in [0, 0.1) is 12.3 Å². The average molecular weight is 430 g/mol. The summed E-state index contributed by atoms with van der Waals surface area (Å²) in [5.41, 5.74) is 1.75. The topological polar surface area (TPSA) is 47.0 Å². The van der Waals surface area contributed by atoms with Crippen LogP contribution in [-0.4, -0.2) is 9.97 Å². The maximum absolute atomic E-state index is 6.11. The Bertz CT molecular complexity index is 1370. The maximum atomic E-state index is 6.11. The van der Waals surface area contributed by atoms with Crippen molar-refractivity contribution < 1.29 is 4.74 Å². The summed E-state index contributed by atoms with van der Waals surface area (Å²) >= 11 is 1.50. The molecule has 0 saturated heterocycles. The number of fused-ring (bicyclic) bond motifs is 2. The van der Waals surface area contributed by atoms with Gasteiger partial charge in [0.15, 0.2) is 5.82 Å². The van der Waals surface area contributed by atoms with Crippen LogP contribution in [-0.2, 0) is 0 Å². The molecule has 5 aromatic rings. The van der Waals surface area contributed by atoms with Crippen LogP contribution in [0.2, 0.25) is 0 Å². The number of anilines is 2. The summed E-state index contributed by atoms with van der Waals surface area (Å²) in [5.74, 6) is 5.00. The Labute approximate surface area is 184 Å². The first-order valence-electron chi connectivity index (χ1n) is 9.04. The van der Waals surface area contributed by atoms with Crippen molar-refractivity contribution in [2.75, 3.05) is 5.32 Å². The summed E-state index contributed by atoms with van der Waals surface area (Å²) in [6, 6.07) is 23.9. The Morgan fingerprint density at radius 3 is 2.57 bits per heavy atom. The van der Waals surface area contributed by atoms with Crippen LogP contribution in [0.5, 0.6) is 11.5 Å². The number of nitrogens with one attached hydrogen (secondary N) is 1. The number of benzene rings is 3. The van der Waals surface area contributed by atoms with E-state index >= 15 is 0 Å². The maximum Gasteiger partial charge on any atom is 0.151 e. The van der Waals surface area contributed by atoms with E-state index < -0.39 is 0 Å². The predicted octanol–water partition coefficient (Wildman–Crippen LogP) is 6.78. The predicted molar refractivity (Wildman–Crippen MR) is 126 cm³/mol. The van der Waals surface area contributed by atoms with Gasteiger partial charge >= 0.3 is 0 Å². The van der Waals surface area contributed by atoms with Gasteiger partial charge in [0, 0.05) is 11.1 Å². The molecule has 0 aliphatic heterocycles. The van der Waals surface area contributed by atoms with Gasteiger partial charge in [-0.3, -0.25) is 0 Å². The summed E-state index contributed by atoms with van der Waals surface area (Å²) in [7, 11) is 0. The standard InChI is InChI=1S/C24H15N3OS.ClH/c1-2-19-14-21-23(29-19)24(26-15-25-21)27-17-10-12-18(13-11-17)28-22-9-5-7-16-6-3-4-8-20(16)22;/h1,3-15H,(H,25,26,27);1H. The van der Waals surface area contributed by atoms with Gasteiger partial charge in [-0.2, -0.15) is 0 Å². The van der Waals surface area contributed by atoms with Crippen LogP contribution in [0.4, 0.5) is 11.5 Å². The lowest BCUT2D eigenvalue weighted by molar-refractivity contribution is 0.488. The lowest BCUT2D eigenvalue weighted by Gasteiger charge is -2.10. The molecule has 0 fully saturated rings. The summed E-state index contributed by atoms with van der Waals surface area (Å²) in [6.07, 6.45) is 7.05. The van der Waals surface area contributed by atoms with Crippen molar-refractivity contribution in [3.05, 3.63) is 84.0 Å². The van der Waals surface area contributed by atoms with Gasteiger partial charge in [-0.05, 0) is 41.8 Å².